The summed E-state index contributed by atoms with van der Waals surface area (Å²) in [5.41, 5.74) is 3.96. The number of nitrogens with zero attached hydrogens (tertiary/aromatic N) is 6. The standard InChI is InChI=1S/C30H43ClN6O3/c1-6-7-8-25-27(15-24(16-32-25)26-17-36(4)20-33-26)39-19-23-11-13-37(14-12-23)28-10-9-21(2)29(31)35-30(34-28)40-22(3)18-38-5/h15-17,20,22-23H,6-14,18-19H2,1-5H3/b29-21+,34-28?,35-30?/t22-/m1/s1. The van der Waals surface area contributed by atoms with Crippen LogP contribution in [0, 0.1) is 5.92 Å². The molecule has 2 aromatic heterocycles. The molecule has 0 radical (unpaired) electrons. The molecule has 0 aromatic carbocycles. The van der Waals surface area contributed by atoms with Crippen LogP contribution in [0.3, 0.4) is 0 Å². The maximum absolute atomic E-state index is 6.45. The number of pyridine rings is 1. The van der Waals surface area contributed by atoms with Gasteiger partial charge in [0.05, 0.1) is 30.9 Å². The lowest BCUT2D eigenvalue weighted by Gasteiger charge is -2.34. The summed E-state index contributed by atoms with van der Waals surface area (Å²) in [4.78, 5) is 20.9. The largest absolute Gasteiger partial charge is 0.491 e. The van der Waals surface area contributed by atoms with Gasteiger partial charge in [-0.2, -0.15) is 9.98 Å². The van der Waals surface area contributed by atoms with Crippen LogP contribution in [0.15, 0.2) is 45.5 Å². The van der Waals surface area contributed by atoms with E-state index in [0.29, 0.717) is 30.3 Å². The molecule has 9 nitrogen and oxygen atoms in total. The number of rotatable bonds is 10. The first-order valence-electron chi connectivity index (χ1n) is 14.4. The number of ether oxygens (including phenoxy) is 3. The first-order chi connectivity index (χ1) is 19.4. The fourth-order valence-corrected chi connectivity index (χ4v) is 5.07. The molecule has 4 heterocycles. The highest BCUT2D eigenvalue weighted by molar-refractivity contribution is 6.30. The number of aliphatic imine (C=N–C) groups is 2. The van der Waals surface area contributed by atoms with Crippen molar-refractivity contribution in [3.63, 3.8) is 0 Å². The Hall–Kier alpha value is -2.91. The fourth-order valence-electron chi connectivity index (χ4n) is 4.90. The van der Waals surface area contributed by atoms with Crippen LogP contribution in [0.4, 0.5) is 0 Å². The Morgan fingerprint density at radius 3 is 2.65 bits per heavy atom. The molecule has 0 spiro atoms. The summed E-state index contributed by atoms with van der Waals surface area (Å²) in [5, 5.41) is 0.457. The topological polar surface area (TPSA) is 86.4 Å². The minimum Gasteiger partial charge on any atom is -0.491 e. The van der Waals surface area contributed by atoms with Crippen LogP contribution in [-0.4, -0.2) is 70.8 Å². The van der Waals surface area contributed by atoms with Crippen molar-refractivity contribution < 1.29 is 14.2 Å². The van der Waals surface area contributed by atoms with Gasteiger partial charge in [0, 0.05) is 51.6 Å². The molecule has 10 heteroatoms. The van der Waals surface area contributed by atoms with E-state index in [0.717, 1.165) is 92.1 Å². The number of unbranched alkanes of at least 4 members (excludes halogenated alkanes) is 1. The van der Waals surface area contributed by atoms with Gasteiger partial charge in [0.2, 0.25) is 0 Å². The second-order valence-electron chi connectivity index (χ2n) is 10.8. The van der Waals surface area contributed by atoms with E-state index < -0.39 is 0 Å². The highest BCUT2D eigenvalue weighted by atomic mass is 35.5. The monoisotopic (exact) mass is 570 g/mol. The predicted octanol–water partition coefficient (Wildman–Crippen LogP) is 5.99. The molecule has 0 aliphatic carbocycles. The number of imidazole rings is 1. The SMILES string of the molecule is CCCCc1ncc(-c2cn(C)cn2)cc1OCC1CCN(C2=NC(O[C@H](C)COC)=N/C(Cl)=C(\C)CC2)CC1. The average molecular weight is 571 g/mol. The van der Waals surface area contributed by atoms with E-state index in [1.807, 2.05) is 44.2 Å². The van der Waals surface area contributed by atoms with Gasteiger partial charge in [-0.25, -0.2) is 4.98 Å². The highest BCUT2D eigenvalue weighted by Crippen LogP contribution is 2.28. The van der Waals surface area contributed by atoms with E-state index in [4.69, 9.17) is 35.8 Å². The lowest BCUT2D eigenvalue weighted by atomic mass is 9.97. The first kappa shape index (κ1) is 30.1. The maximum atomic E-state index is 6.45. The Bertz CT molecular complexity index is 1220. The molecule has 40 heavy (non-hydrogen) atoms. The van der Waals surface area contributed by atoms with Gasteiger partial charge in [-0.15, -0.1) is 0 Å². The van der Waals surface area contributed by atoms with E-state index in [-0.39, 0.29) is 6.10 Å². The zero-order valence-electron chi connectivity index (χ0n) is 24.5. The van der Waals surface area contributed by atoms with Crippen molar-refractivity contribution in [2.45, 2.75) is 71.8 Å². The van der Waals surface area contributed by atoms with Gasteiger partial charge >= 0.3 is 6.02 Å². The Morgan fingerprint density at radius 1 is 1.15 bits per heavy atom. The van der Waals surface area contributed by atoms with Crippen LogP contribution in [0.2, 0.25) is 0 Å². The van der Waals surface area contributed by atoms with Gasteiger partial charge in [0.1, 0.15) is 22.8 Å². The number of methoxy groups -OCH3 is 1. The third-order valence-corrected chi connectivity index (χ3v) is 7.76. The minimum atomic E-state index is -0.172. The summed E-state index contributed by atoms with van der Waals surface area (Å²) in [6.45, 7) is 9.11. The van der Waals surface area contributed by atoms with Crippen LogP contribution >= 0.6 is 11.6 Å². The Balaban J connectivity index is 1.39. The van der Waals surface area contributed by atoms with Crippen LogP contribution in [0.5, 0.6) is 5.75 Å². The van der Waals surface area contributed by atoms with Gasteiger partial charge < -0.3 is 23.7 Å². The zero-order chi connectivity index (χ0) is 28.5. The summed E-state index contributed by atoms with van der Waals surface area (Å²) in [5.74, 6) is 2.34. The number of allylic oxidation sites excluding steroid dienone is 1. The number of amidine groups is 2. The molecule has 0 N–H and O–H groups in total. The zero-order valence-corrected chi connectivity index (χ0v) is 25.3. The number of hydrogen-bond donors (Lipinski definition) is 0. The van der Waals surface area contributed by atoms with Crippen molar-refractivity contribution in [3.05, 3.63) is 41.2 Å². The van der Waals surface area contributed by atoms with E-state index in [9.17, 15) is 0 Å². The third kappa shape index (κ3) is 8.30. The quantitative estimate of drug-likeness (QED) is 0.326. The number of piperidine rings is 1. The van der Waals surface area contributed by atoms with E-state index in [2.05, 4.69) is 27.9 Å². The van der Waals surface area contributed by atoms with Crippen LogP contribution < -0.4 is 4.74 Å². The average Bonchev–Trinajstić information content (AvgIpc) is 3.38. The smallest absolute Gasteiger partial charge is 0.319 e. The van der Waals surface area contributed by atoms with E-state index in [1.165, 1.54) is 0 Å². The van der Waals surface area contributed by atoms with E-state index >= 15 is 0 Å². The van der Waals surface area contributed by atoms with Gasteiger partial charge in [0.25, 0.3) is 0 Å². The molecule has 4 rings (SSSR count). The minimum absolute atomic E-state index is 0.172. The second kappa shape index (κ2) is 14.6. The molecule has 1 fully saturated rings. The van der Waals surface area contributed by atoms with Gasteiger partial charge in [-0.3, -0.25) is 4.98 Å². The molecule has 0 bridgehead atoms. The van der Waals surface area contributed by atoms with Crippen LogP contribution in [0.25, 0.3) is 11.3 Å². The highest BCUT2D eigenvalue weighted by Gasteiger charge is 2.25. The molecule has 0 amide bonds. The summed E-state index contributed by atoms with van der Waals surface area (Å²) >= 11 is 6.40. The van der Waals surface area contributed by atoms with Crippen molar-refractivity contribution in [3.8, 4) is 17.0 Å². The molecule has 1 saturated heterocycles. The van der Waals surface area contributed by atoms with Gasteiger partial charge in [0.15, 0.2) is 0 Å². The summed E-state index contributed by atoms with van der Waals surface area (Å²) < 4.78 is 19.6. The summed E-state index contributed by atoms with van der Waals surface area (Å²) in [6.07, 6.45) is 12.4. The molecular weight excluding hydrogens is 528 g/mol. The molecule has 2 aliphatic heterocycles. The van der Waals surface area contributed by atoms with Crippen LogP contribution in [0.1, 0.15) is 65.0 Å². The molecular formula is C30H43ClN6O3. The normalized spacial score (nSPS) is 19.5. The molecule has 0 unspecified atom stereocenters. The number of halogens is 1. The van der Waals surface area contributed by atoms with Gasteiger partial charge in [-0.1, -0.05) is 24.9 Å². The van der Waals surface area contributed by atoms with Crippen molar-refractivity contribution >= 4 is 23.5 Å². The number of likely N-dealkylation sites (tertiary alicyclic amines) is 1. The summed E-state index contributed by atoms with van der Waals surface area (Å²) in [7, 11) is 3.63. The lowest BCUT2D eigenvalue weighted by Crippen LogP contribution is -2.40. The molecule has 2 aliphatic rings. The summed E-state index contributed by atoms with van der Waals surface area (Å²) in [6, 6.07) is 2.40. The first-order valence-corrected chi connectivity index (χ1v) is 14.8. The number of aromatic nitrogens is 3. The van der Waals surface area contributed by atoms with Crippen molar-refractivity contribution in [2.75, 3.05) is 33.4 Å². The van der Waals surface area contributed by atoms with E-state index in [1.54, 1.807) is 7.11 Å². The number of hydrogen-bond acceptors (Lipinski definition) is 8. The third-order valence-electron chi connectivity index (χ3n) is 7.35. The Morgan fingerprint density at radius 2 is 1.95 bits per heavy atom. The van der Waals surface area contributed by atoms with Crippen LogP contribution in [-0.2, 0) is 22.9 Å². The van der Waals surface area contributed by atoms with Crippen molar-refractivity contribution in [2.24, 2.45) is 23.0 Å². The molecule has 2 aromatic rings. The Labute approximate surface area is 243 Å². The maximum Gasteiger partial charge on any atom is 0.319 e. The van der Waals surface area contributed by atoms with Crippen molar-refractivity contribution in [1.29, 1.82) is 0 Å². The molecule has 1 atom stereocenters. The van der Waals surface area contributed by atoms with Crippen molar-refractivity contribution in [1.82, 2.24) is 19.4 Å². The molecule has 218 valence electrons. The fraction of sp³-hybridized carbons (Fsp3) is 0.600. The lowest BCUT2D eigenvalue weighted by molar-refractivity contribution is 0.0834. The molecule has 0 saturated carbocycles. The Kier molecular flexibility index (Phi) is 11.0. The predicted molar refractivity (Wildman–Crippen MR) is 160 cm³/mol. The number of aryl methyl sites for hydroxylation is 2. The second-order valence-corrected chi connectivity index (χ2v) is 11.2. The van der Waals surface area contributed by atoms with Gasteiger partial charge in [-0.05, 0) is 63.5 Å².